The van der Waals surface area contributed by atoms with Crippen molar-refractivity contribution in [3.63, 3.8) is 0 Å². The van der Waals surface area contributed by atoms with Gasteiger partial charge in [0.25, 0.3) is 0 Å². The molecule has 0 N–H and O–H groups in total. The van der Waals surface area contributed by atoms with Gasteiger partial charge in [0.15, 0.2) is 0 Å². The smallest absolute Gasteiger partial charge is 0.322 e. The zero-order valence-corrected chi connectivity index (χ0v) is 8.73. The Hall–Kier alpha value is -0.610. The number of nitrogens with zero attached hydrogens (tertiary/aromatic N) is 1. The van der Waals surface area contributed by atoms with Crippen LogP contribution in [0.1, 0.15) is 19.8 Å². The van der Waals surface area contributed by atoms with Gasteiger partial charge in [-0.3, -0.25) is 9.69 Å². The molecule has 2 aliphatic heterocycles. The van der Waals surface area contributed by atoms with E-state index in [4.69, 9.17) is 9.47 Å². The number of ether oxygens (including phenoxy) is 2. The maximum absolute atomic E-state index is 11.3. The molecular weight excluding hydrogens is 182 g/mol. The fourth-order valence-corrected chi connectivity index (χ4v) is 2.28. The molecule has 0 aliphatic carbocycles. The van der Waals surface area contributed by atoms with Crippen molar-refractivity contribution in [1.29, 1.82) is 0 Å². The van der Waals surface area contributed by atoms with Crippen LogP contribution in [-0.2, 0) is 14.3 Å². The third-order valence-corrected chi connectivity index (χ3v) is 3.16. The maximum Gasteiger partial charge on any atom is 0.322 e. The molecule has 3 unspecified atom stereocenters. The summed E-state index contributed by atoms with van der Waals surface area (Å²) in [4.78, 5) is 13.5. The van der Waals surface area contributed by atoms with Gasteiger partial charge in [0, 0.05) is 13.1 Å². The van der Waals surface area contributed by atoms with Crippen LogP contribution >= 0.6 is 0 Å². The number of rotatable bonds is 2. The van der Waals surface area contributed by atoms with Crippen molar-refractivity contribution in [3.05, 3.63) is 0 Å². The highest BCUT2D eigenvalue weighted by Gasteiger charge is 2.37. The van der Waals surface area contributed by atoms with Gasteiger partial charge in [-0.1, -0.05) is 0 Å². The Kier molecular flexibility index (Phi) is 2.74. The van der Waals surface area contributed by atoms with Gasteiger partial charge < -0.3 is 9.47 Å². The molecule has 80 valence electrons. The second-order valence-corrected chi connectivity index (χ2v) is 4.11. The average Bonchev–Trinajstić information content (AvgIpc) is 2.55. The predicted octanol–water partition coefficient (Wildman–Crippen LogP) is 0.411. The van der Waals surface area contributed by atoms with Crippen LogP contribution in [0.4, 0.5) is 0 Å². The third-order valence-electron chi connectivity index (χ3n) is 3.16. The SMILES string of the molecule is COC(=O)C(C)N1CC2CCC(C1)O2. The van der Waals surface area contributed by atoms with Crippen molar-refractivity contribution in [2.45, 2.75) is 38.0 Å². The van der Waals surface area contributed by atoms with Crippen LogP contribution in [0.25, 0.3) is 0 Å². The molecule has 0 spiro atoms. The lowest BCUT2D eigenvalue weighted by molar-refractivity contribution is -0.149. The van der Waals surface area contributed by atoms with E-state index in [-0.39, 0.29) is 12.0 Å². The van der Waals surface area contributed by atoms with Crippen LogP contribution < -0.4 is 0 Å². The second kappa shape index (κ2) is 3.87. The number of fused-ring (bicyclic) bond motifs is 2. The summed E-state index contributed by atoms with van der Waals surface area (Å²) in [6, 6.07) is -0.132. The first kappa shape index (κ1) is 9.93. The van der Waals surface area contributed by atoms with E-state index in [1.54, 1.807) is 0 Å². The van der Waals surface area contributed by atoms with E-state index in [2.05, 4.69) is 4.90 Å². The maximum atomic E-state index is 11.3. The normalized spacial score (nSPS) is 34.1. The van der Waals surface area contributed by atoms with E-state index in [9.17, 15) is 4.79 Å². The van der Waals surface area contributed by atoms with Crippen molar-refractivity contribution in [2.75, 3.05) is 20.2 Å². The monoisotopic (exact) mass is 199 g/mol. The minimum atomic E-state index is -0.147. The molecule has 2 rings (SSSR count). The van der Waals surface area contributed by atoms with Gasteiger partial charge in [0.2, 0.25) is 0 Å². The first-order valence-corrected chi connectivity index (χ1v) is 5.18. The number of hydrogen-bond acceptors (Lipinski definition) is 4. The van der Waals surface area contributed by atoms with Crippen LogP contribution in [0, 0.1) is 0 Å². The summed E-state index contributed by atoms with van der Waals surface area (Å²) >= 11 is 0. The fraction of sp³-hybridized carbons (Fsp3) is 0.900. The Bertz CT molecular complexity index is 219. The van der Waals surface area contributed by atoms with E-state index < -0.39 is 0 Å². The first-order chi connectivity index (χ1) is 6.70. The Balaban J connectivity index is 1.95. The summed E-state index contributed by atoms with van der Waals surface area (Å²) < 4.78 is 10.4. The lowest BCUT2D eigenvalue weighted by Crippen LogP contribution is -2.49. The highest BCUT2D eigenvalue weighted by atomic mass is 16.5. The lowest BCUT2D eigenvalue weighted by Gasteiger charge is -2.34. The quantitative estimate of drug-likeness (QED) is 0.604. The summed E-state index contributed by atoms with van der Waals surface area (Å²) in [6.45, 7) is 3.64. The minimum absolute atomic E-state index is 0.132. The number of hydrogen-bond donors (Lipinski definition) is 0. The van der Waals surface area contributed by atoms with Crippen LogP contribution in [0.3, 0.4) is 0 Å². The summed E-state index contributed by atoms with van der Waals surface area (Å²) in [5, 5.41) is 0. The number of likely N-dealkylation sites (tertiary alicyclic amines) is 1. The van der Waals surface area contributed by atoms with Crippen LogP contribution in [0.5, 0.6) is 0 Å². The van der Waals surface area contributed by atoms with Crippen molar-refractivity contribution in [3.8, 4) is 0 Å². The average molecular weight is 199 g/mol. The van der Waals surface area contributed by atoms with Gasteiger partial charge in [-0.15, -0.1) is 0 Å². The Morgan fingerprint density at radius 1 is 1.43 bits per heavy atom. The number of methoxy groups -OCH3 is 1. The van der Waals surface area contributed by atoms with Crippen molar-refractivity contribution < 1.29 is 14.3 Å². The Morgan fingerprint density at radius 3 is 2.50 bits per heavy atom. The molecule has 0 amide bonds. The van der Waals surface area contributed by atoms with E-state index in [1.165, 1.54) is 7.11 Å². The summed E-state index contributed by atoms with van der Waals surface area (Å²) in [6.07, 6.45) is 2.94. The molecule has 14 heavy (non-hydrogen) atoms. The molecular formula is C10H17NO3. The molecule has 4 nitrogen and oxygen atoms in total. The number of carbonyl (C=O) groups excluding carboxylic acids is 1. The van der Waals surface area contributed by atoms with Crippen LogP contribution in [0.2, 0.25) is 0 Å². The molecule has 0 radical (unpaired) electrons. The summed E-state index contributed by atoms with van der Waals surface area (Å²) in [5.74, 6) is -0.147. The van der Waals surface area contributed by atoms with Gasteiger partial charge in [0.1, 0.15) is 6.04 Å². The molecule has 2 fully saturated rings. The fourth-order valence-electron chi connectivity index (χ4n) is 2.28. The highest BCUT2D eigenvalue weighted by molar-refractivity contribution is 5.75. The van der Waals surface area contributed by atoms with E-state index in [0.29, 0.717) is 12.2 Å². The van der Waals surface area contributed by atoms with Crippen molar-refractivity contribution in [1.82, 2.24) is 4.90 Å². The third kappa shape index (κ3) is 1.77. The number of carbonyl (C=O) groups is 1. The summed E-state index contributed by atoms with van der Waals surface area (Å²) in [7, 11) is 1.44. The molecule has 0 saturated carbocycles. The molecule has 2 bridgehead atoms. The van der Waals surface area contributed by atoms with E-state index >= 15 is 0 Å². The highest BCUT2D eigenvalue weighted by Crippen LogP contribution is 2.27. The molecule has 2 saturated heterocycles. The molecule has 2 aliphatic rings. The summed E-state index contributed by atoms with van der Waals surface area (Å²) in [5.41, 5.74) is 0. The molecule has 0 aromatic rings. The molecule has 4 heteroatoms. The lowest BCUT2D eigenvalue weighted by atomic mass is 10.2. The van der Waals surface area contributed by atoms with Gasteiger partial charge in [-0.25, -0.2) is 0 Å². The van der Waals surface area contributed by atoms with Crippen molar-refractivity contribution >= 4 is 5.97 Å². The first-order valence-electron chi connectivity index (χ1n) is 5.18. The van der Waals surface area contributed by atoms with Gasteiger partial charge in [0.05, 0.1) is 19.3 Å². The topological polar surface area (TPSA) is 38.8 Å². The van der Waals surface area contributed by atoms with Crippen molar-refractivity contribution in [2.24, 2.45) is 0 Å². The standard InChI is InChI=1S/C10H17NO3/c1-7(10(12)13-2)11-5-8-3-4-9(6-11)14-8/h7-9H,3-6H2,1-2H3. The van der Waals surface area contributed by atoms with Gasteiger partial charge in [-0.05, 0) is 19.8 Å². The molecule has 0 aromatic heterocycles. The van der Waals surface area contributed by atoms with E-state index in [1.807, 2.05) is 6.92 Å². The molecule has 0 aromatic carbocycles. The Morgan fingerprint density at radius 2 is 2.00 bits per heavy atom. The zero-order chi connectivity index (χ0) is 10.1. The number of morpholine rings is 1. The van der Waals surface area contributed by atoms with Crippen LogP contribution in [0.15, 0.2) is 0 Å². The van der Waals surface area contributed by atoms with Crippen LogP contribution in [-0.4, -0.2) is 49.3 Å². The molecule has 3 atom stereocenters. The second-order valence-electron chi connectivity index (χ2n) is 4.11. The Labute approximate surface area is 84.2 Å². The largest absolute Gasteiger partial charge is 0.468 e. The zero-order valence-electron chi connectivity index (χ0n) is 8.73. The predicted molar refractivity (Wildman–Crippen MR) is 50.9 cm³/mol. The molecule has 2 heterocycles. The van der Waals surface area contributed by atoms with E-state index in [0.717, 1.165) is 25.9 Å². The number of esters is 1. The van der Waals surface area contributed by atoms with Gasteiger partial charge in [-0.2, -0.15) is 0 Å². The minimum Gasteiger partial charge on any atom is -0.468 e. The van der Waals surface area contributed by atoms with Gasteiger partial charge >= 0.3 is 5.97 Å².